The van der Waals surface area contributed by atoms with Gasteiger partial charge in [-0.25, -0.2) is 4.79 Å². The van der Waals surface area contributed by atoms with Gasteiger partial charge in [-0.3, -0.25) is 47.9 Å². The maximum absolute atomic E-state index is 14.3. The molecule has 0 aliphatic rings. The largest absolute Gasteiger partial charge is 0.481 e. The van der Waals surface area contributed by atoms with Crippen molar-refractivity contribution in [1.29, 1.82) is 0 Å². The summed E-state index contributed by atoms with van der Waals surface area (Å²) in [6, 6.07) is -11.8. The average Bonchev–Trinajstić information content (AvgIpc) is 3.39. The summed E-state index contributed by atoms with van der Waals surface area (Å²) in [6.45, 7) is 17.7. The number of nitrogens with one attached hydrogen (secondary N) is 8. The molecule has 17 N–H and O–H groups in total. The molecular formula is C52H95N11O14. The maximum Gasteiger partial charge on any atom is 0.326 e. The van der Waals surface area contributed by atoms with Crippen LogP contribution < -0.4 is 59.7 Å². The molecule has 14 atom stereocenters. The van der Waals surface area contributed by atoms with Crippen molar-refractivity contribution < 1.29 is 68.1 Å². The van der Waals surface area contributed by atoms with Crippen LogP contribution in [0.3, 0.4) is 0 Å². The van der Waals surface area contributed by atoms with Crippen molar-refractivity contribution in [2.45, 2.75) is 220 Å². The van der Waals surface area contributed by atoms with E-state index in [1.165, 1.54) is 0 Å². The van der Waals surface area contributed by atoms with Crippen LogP contribution in [0.2, 0.25) is 0 Å². The number of unbranched alkanes of at least 4 members (excludes halogenated alkanes) is 2. The zero-order valence-electron chi connectivity index (χ0n) is 47.2. The molecule has 0 heterocycles. The van der Waals surface area contributed by atoms with Gasteiger partial charge in [0.1, 0.15) is 48.3 Å². The van der Waals surface area contributed by atoms with E-state index in [1.807, 2.05) is 6.92 Å². The van der Waals surface area contributed by atoms with Crippen molar-refractivity contribution >= 4 is 65.2 Å². The number of carboxylic acid groups (broad SMARTS) is 3. The molecule has 0 spiro atoms. The van der Waals surface area contributed by atoms with Gasteiger partial charge in [-0.2, -0.15) is 0 Å². The molecule has 8 amide bonds. The third-order valence-corrected chi connectivity index (χ3v) is 14.4. The van der Waals surface area contributed by atoms with Gasteiger partial charge in [0.25, 0.3) is 0 Å². The molecule has 0 saturated carbocycles. The van der Waals surface area contributed by atoms with Gasteiger partial charge in [-0.15, -0.1) is 0 Å². The molecular weight excluding hydrogens is 1000 g/mol. The second-order valence-electron chi connectivity index (χ2n) is 20.4. The number of carboxylic acids is 3. The minimum atomic E-state index is -1.58. The summed E-state index contributed by atoms with van der Waals surface area (Å²) in [5.74, 6) is -12.8. The van der Waals surface area contributed by atoms with Crippen LogP contribution in [0.15, 0.2) is 0 Å². The lowest BCUT2D eigenvalue weighted by Crippen LogP contribution is -2.62. The highest BCUT2D eigenvalue weighted by Gasteiger charge is 2.38. The van der Waals surface area contributed by atoms with E-state index in [2.05, 4.69) is 42.5 Å². The Hall–Kier alpha value is -5.95. The van der Waals surface area contributed by atoms with Crippen LogP contribution in [-0.2, 0) is 52.7 Å². The molecule has 0 aromatic rings. The highest BCUT2D eigenvalue weighted by molar-refractivity contribution is 5.98. The smallest absolute Gasteiger partial charge is 0.326 e. The monoisotopic (exact) mass is 1100 g/mol. The van der Waals surface area contributed by atoms with Gasteiger partial charge < -0.3 is 75.1 Å². The van der Waals surface area contributed by atoms with Gasteiger partial charge in [-0.1, -0.05) is 101 Å². The molecule has 0 aromatic heterocycles. The third kappa shape index (κ3) is 25.8. The van der Waals surface area contributed by atoms with E-state index in [0.717, 1.165) is 0 Å². The molecule has 0 aliphatic carbocycles. The Labute approximate surface area is 454 Å². The lowest BCUT2D eigenvalue weighted by molar-refractivity contribution is -0.144. The zero-order valence-corrected chi connectivity index (χ0v) is 47.2. The van der Waals surface area contributed by atoms with Crippen molar-refractivity contribution in [3.05, 3.63) is 0 Å². The van der Waals surface area contributed by atoms with E-state index in [0.29, 0.717) is 57.8 Å². The number of aliphatic carboxylic acids is 3. The Morgan fingerprint density at radius 2 is 0.610 bits per heavy atom. The first-order chi connectivity index (χ1) is 36.2. The van der Waals surface area contributed by atoms with E-state index >= 15 is 0 Å². The van der Waals surface area contributed by atoms with E-state index < -0.39 is 162 Å². The van der Waals surface area contributed by atoms with Crippen molar-refractivity contribution in [2.75, 3.05) is 13.1 Å². The summed E-state index contributed by atoms with van der Waals surface area (Å²) in [5.41, 5.74) is 17.5. The normalized spacial score (nSPS) is 16.7. The van der Waals surface area contributed by atoms with E-state index in [1.54, 1.807) is 62.3 Å². The van der Waals surface area contributed by atoms with Crippen LogP contribution in [0.4, 0.5) is 0 Å². The first-order valence-corrected chi connectivity index (χ1v) is 27.4. The molecule has 0 aromatic carbocycles. The van der Waals surface area contributed by atoms with Crippen molar-refractivity contribution in [3.63, 3.8) is 0 Å². The second kappa shape index (κ2) is 37.8. The van der Waals surface area contributed by atoms with Gasteiger partial charge in [0.05, 0.1) is 6.04 Å². The fraction of sp³-hybridized carbons (Fsp3) is 0.788. The fourth-order valence-corrected chi connectivity index (χ4v) is 7.97. The number of carbonyl (C=O) groups excluding carboxylic acids is 8. The molecule has 25 heteroatoms. The van der Waals surface area contributed by atoms with Crippen LogP contribution in [-0.4, -0.2) is 148 Å². The van der Waals surface area contributed by atoms with Gasteiger partial charge in [0.2, 0.25) is 47.3 Å². The minimum absolute atomic E-state index is 0.0197. The first kappa shape index (κ1) is 71.0. The van der Waals surface area contributed by atoms with Crippen molar-refractivity contribution in [2.24, 2.45) is 46.8 Å². The van der Waals surface area contributed by atoms with E-state index in [9.17, 15) is 68.1 Å². The van der Waals surface area contributed by atoms with Crippen LogP contribution in [0, 0.1) is 29.6 Å². The van der Waals surface area contributed by atoms with Crippen LogP contribution in [0.25, 0.3) is 0 Å². The molecule has 0 rings (SSSR count). The molecule has 0 aliphatic heterocycles. The van der Waals surface area contributed by atoms with Crippen LogP contribution >= 0.6 is 0 Å². The van der Waals surface area contributed by atoms with Crippen molar-refractivity contribution in [3.8, 4) is 0 Å². The molecule has 0 fully saturated rings. The summed E-state index contributed by atoms with van der Waals surface area (Å²) in [5, 5.41) is 49.9. The Balaban J connectivity index is 6.93. The van der Waals surface area contributed by atoms with Gasteiger partial charge in [0, 0.05) is 12.8 Å². The van der Waals surface area contributed by atoms with Gasteiger partial charge in [0.15, 0.2) is 0 Å². The number of nitrogens with two attached hydrogens (primary N) is 3. The molecule has 0 bridgehead atoms. The average molecular weight is 1100 g/mol. The molecule has 77 heavy (non-hydrogen) atoms. The standard InChI is InChI=1S/C52H95N11O14/c1-11-28(6)39(55)48(72)56-35(22-24-37(64)65)46(70)61-40(29(7)12-2)49(73)57-33(20-16-18-26-53)44(68)60-42(31(9)14-4)51(75)59-36(23-25-38(66)67)47(71)62-41(30(8)13-3)50(74)58-34(21-17-19-27-54)45(69)63-43(52(76)77)32(10)15-5/h28-36,39-43H,11-27,53-55H2,1-10H3,(H,56,72)(H,57,73)(H,58,74)(H,59,75)(H,60,68)(H,61,70)(H,62,71)(H,63,69)(H,64,65)(H,66,67)(H,76,77)/t28-,29-,30-,31-,32-,33-,34-,35-,36-,39-,40-,41-,42-,43-/m0/s1. The van der Waals surface area contributed by atoms with E-state index in [-0.39, 0.29) is 38.3 Å². The van der Waals surface area contributed by atoms with Gasteiger partial charge in [-0.05, 0) is 94.0 Å². The lowest BCUT2D eigenvalue weighted by Gasteiger charge is -2.31. The number of hydrogen-bond donors (Lipinski definition) is 14. The Morgan fingerprint density at radius 3 is 0.870 bits per heavy atom. The SMILES string of the molecule is CC[C@H](C)[C@H](N)C(=O)N[C@@H](CCC(=O)O)C(=O)N[C@H](C(=O)N[C@@H](CCCCN)C(=O)N[C@H](C(=O)N[C@@H](CCC(=O)O)C(=O)N[C@H](C(=O)N[C@@H](CCCCN)C(=O)N[C@H](C(=O)O)[C@@H](C)CC)[C@@H](C)CC)[C@@H](C)CC)[C@@H](C)CC. The number of carbonyl (C=O) groups is 11. The van der Waals surface area contributed by atoms with Crippen molar-refractivity contribution in [1.82, 2.24) is 42.5 Å². The quantitative estimate of drug-likeness (QED) is 0.0371. The molecule has 442 valence electrons. The van der Waals surface area contributed by atoms with Crippen LogP contribution in [0.5, 0.6) is 0 Å². The van der Waals surface area contributed by atoms with Crippen LogP contribution in [0.1, 0.15) is 166 Å². The number of hydrogen-bond acceptors (Lipinski definition) is 14. The van der Waals surface area contributed by atoms with E-state index in [4.69, 9.17) is 17.2 Å². The lowest BCUT2D eigenvalue weighted by atomic mass is 9.95. The summed E-state index contributed by atoms with van der Waals surface area (Å²) in [7, 11) is 0. The number of rotatable bonds is 41. The molecule has 25 nitrogen and oxygen atoms in total. The summed E-state index contributed by atoms with van der Waals surface area (Å²) >= 11 is 0. The molecule has 0 radical (unpaired) electrons. The summed E-state index contributed by atoms with van der Waals surface area (Å²) in [6.07, 6.45) is 1.84. The molecule has 0 unspecified atom stereocenters. The third-order valence-electron chi connectivity index (χ3n) is 14.4. The zero-order chi connectivity index (χ0) is 59.1. The maximum atomic E-state index is 14.3. The first-order valence-electron chi connectivity index (χ1n) is 27.4. The predicted octanol–water partition coefficient (Wildman–Crippen LogP) is 0.495. The topological polar surface area (TPSA) is 423 Å². The Morgan fingerprint density at radius 1 is 0.351 bits per heavy atom. The molecule has 0 saturated heterocycles. The Bertz CT molecular complexity index is 1930. The highest BCUT2D eigenvalue weighted by Crippen LogP contribution is 2.17. The second-order valence-corrected chi connectivity index (χ2v) is 20.4. The fourth-order valence-electron chi connectivity index (χ4n) is 7.97. The summed E-state index contributed by atoms with van der Waals surface area (Å²) in [4.78, 5) is 147. The number of amides is 8. The van der Waals surface area contributed by atoms with Gasteiger partial charge >= 0.3 is 17.9 Å². The predicted molar refractivity (Wildman–Crippen MR) is 288 cm³/mol. The minimum Gasteiger partial charge on any atom is -0.481 e. The Kier molecular flexibility index (Phi) is 34.8. The summed E-state index contributed by atoms with van der Waals surface area (Å²) < 4.78 is 0. The highest BCUT2D eigenvalue weighted by atomic mass is 16.4.